The van der Waals surface area contributed by atoms with E-state index in [0.717, 1.165) is 6.42 Å². The van der Waals surface area contributed by atoms with Gasteiger partial charge in [0.15, 0.2) is 0 Å². The average Bonchev–Trinajstić information content (AvgIpc) is 1.85. The van der Waals surface area contributed by atoms with E-state index in [-0.39, 0.29) is 6.15 Å². The molecule has 0 aliphatic carbocycles. The van der Waals surface area contributed by atoms with Gasteiger partial charge in [-0.25, -0.2) is 5.90 Å². The fourth-order valence-electron chi connectivity index (χ4n) is 0.282. The summed E-state index contributed by atoms with van der Waals surface area (Å²) in [4.78, 5) is 4.39. The van der Waals surface area contributed by atoms with Gasteiger partial charge in [0.05, 0.1) is 6.61 Å². The maximum atomic E-state index is 8.74. The third-order valence-electron chi connectivity index (χ3n) is 1.08. The van der Waals surface area contributed by atoms with Crippen LogP contribution in [0, 0.1) is 5.92 Å². The smallest absolute Gasteiger partial charge is 0.344 e. The molecule has 0 saturated heterocycles. The number of nitrogens with two attached hydrogens (primary N) is 1. The second kappa shape index (κ2) is 9.84. The summed E-state index contributed by atoms with van der Waals surface area (Å²) in [6.45, 7) is 4.90. The van der Waals surface area contributed by atoms with Crippen molar-refractivity contribution in [2.24, 2.45) is 11.8 Å². The number of hydrogen-bond acceptors (Lipinski definition) is 5. The van der Waals surface area contributed by atoms with Gasteiger partial charge in [-0.1, -0.05) is 20.3 Å². The zero-order chi connectivity index (χ0) is 10.2. The van der Waals surface area contributed by atoms with Gasteiger partial charge in [-0.2, -0.15) is 8.42 Å². The number of rotatable bonds is 3. The molecule has 1 atom stereocenters. The average molecular weight is 218 g/mol. The molecule has 0 radical (unpaired) electrons. The van der Waals surface area contributed by atoms with Crippen LogP contribution >= 0.6 is 0 Å². The van der Waals surface area contributed by atoms with Gasteiger partial charge in [-0.3, -0.25) is 9.11 Å². The molecule has 84 valence electrons. The van der Waals surface area contributed by atoms with Crippen LogP contribution < -0.4 is 12.0 Å². The van der Waals surface area contributed by atoms with Gasteiger partial charge in [0.25, 0.3) is 0 Å². The molecule has 0 amide bonds. The van der Waals surface area contributed by atoms with E-state index in [4.69, 9.17) is 23.4 Å². The first-order valence-electron chi connectivity index (χ1n) is 3.32. The lowest BCUT2D eigenvalue weighted by Gasteiger charge is -2.02. The third-order valence-corrected chi connectivity index (χ3v) is 1.08. The number of hydrogen-bond donors (Lipinski definition) is 4. The van der Waals surface area contributed by atoms with E-state index >= 15 is 0 Å². The molecule has 0 bridgehead atoms. The van der Waals surface area contributed by atoms with Crippen LogP contribution in [0.15, 0.2) is 0 Å². The Labute approximate surface area is 78.4 Å². The van der Waals surface area contributed by atoms with E-state index in [1.807, 2.05) is 0 Å². The van der Waals surface area contributed by atoms with Crippen molar-refractivity contribution in [3.63, 3.8) is 0 Å². The van der Waals surface area contributed by atoms with Crippen molar-refractivity contribution in [1.82, 2.24) is 6.15 Å². The third kappa shape index (κ3) is 49.5. The molecule has 0 aromatic carbocycles. The van der Waals surface area contributed by atoms with Gasteiger partial charge in [-0.15, -0.1) is 0 Å². The van der Waals surface area contributed by atoms with Crippen LogP contribution in [-0.4, -0.2) is 24.1 Å². The monoisotopic (exact) mass is 218 g/mol. The van der Waals surface area contributed by atoms with Gasteiger partial charge >= 0.3 is 10.4 Å². The quantitative estimate of drug-likeness (QED) is 0.397. The van der Waals surface area contributed by atoms with Crippen molar-refractivity contribution >= 4 is 10.4 Å². The molecule has 0 rings (SSSR count). The zero-order valence-electron chi connectivity index (χ0n) is 7.80. The highest BCUT2D eigenvalue weighted by Crippen LogP contribution is 1.97. The molecule has 0 aromatic rings. The molecule has 0 heterocycles. The standard InChI is InChI=1S/C5H13NO.H3N.H2O4S/c1-3-5(2)4-7-6;;1-5(2,3)4/h5H,3-4,6H2,1-2H3;1H3;(H2,1,2,3,4). The lowest BCUT2D eigenvalue weighted by molar-refractivity contribution is 0.106. The van der Waals surface area contributed by atoms with Crippen LogP contribution in [0.25, 0.3) is 0 Å². The lowest BCUT2D eigenvalue weighted by atomic mass is 10.1. The van der Waals surface area contributed by atoms with Crippen molar-refractivity contribution in [3.8, 4) is 0 Å². The highest BCUT2D eigenvalue weighted by atomic mass is 32.3. The van der Waals surface area contributed by atoms with Gasteiger partial charge in [0, 0.05) is 0 Å². The van der Waals surface area contributed by atoms with E-state index in [9.17, 15) is 0 Å². The van der Waals surface area contributed by atoms with Crippen molar-refractivity contribution < 1.29 is 22.4 Å². The molecule has 0 spiro atoms. The molecule has 13 heavy (non-hydrogen) atoms. The fraction of sp³-hybridized carbons (Fsp3) is 1.00. The van der Waals surface area contributed by atoms with Crippen LogP contribution in [0.5, 0.6) is 0 Å². The van der Waals surface area contributed by atoms with Crippen LogP contribution in [0.1, 0.15) is 20.3 Å². The molecule has 0 aliphatic rings. The Morgan fingerprint density at radius 1 is 1.46 bits per heavy atom. The van der Waals surface area contributed by atoms with Crippen molar-refractivity contribution in [3.05, 3.63) is 0 Å². The first-order valence-corrected chi connectivity index (χ1v) is 4.72. The minimum absolute atomic E-state index is 0. The summed E-state index contributed by atoms with van der Waals surface area (Å²) in [6.07, 6.45) is 1.14. The summed E-state index contributed by atoms with van der Waals surface area (Å²) in [5, 5.41) is 0. The van der Waals surface area contributed by atoms with Crippen LogP contribution in [0.4, 0.5) is 0 Å². The molecule has 0 aliphatic heterocycles. The van der Waals surface area contributed by atoms with Crippen LogP contribution in [-0.2, 0) is 15.2 Å². The lowest BCUT2D eigenvalue weighted by Crippen LogP contribution is -2.08. The maximum Gasteiger partial charge on any atom is 0.394 e. The Morgan fingerprint density at radius 2 is 1.77 bits per heavy atom. The molecular weight excluding hydrogens is 200 g/mol. The second-order valence-corrected chi connectivity index (χ2v) is 3.19. The van der Waals surface area contributed by atoms with E-state index in [1.54, 1.807) is 0 Å². The van der Waals surface area contributed by atoms with Crippen molar-refractivity contribution in [2.45, 2.75) is 20.3 Å². The summed E-state index contributed by atoms with van der Waals surface area (Å²) in [6, 6.07) is 0. The van der Waals surface area contributed by atoms with E-state index in [2.05, 4.69) is 18.7 Å². The topological polar surface area (TPSA) is 145 Å². The van der Waals surface area contributed by atoms with Crippen molar-refractivity contribution in [2.75, 3.05) is 6.61 Å². The normalized spacial score (nSPS) is 12.1. The molecule has 1 unspecified atom stereocenters. The maximum absolute atomic E-state index is 8.74. The molecule has 7 N–H and O–H groups in total. The molecule has 8 heteroatoms. The summed E-state index contributed by atoms with van der Waals surface area (Å²) in [7, 11) is -4.67. The predicted molar refractivity (Wildman–Crippen MR) is 48.8 cm³/mol. The SMILES string of the molecule is CCC(C)CON.N.O=S(=O)(O)O. The summed E-state index contributed by atoms with van der Waals surface area (Å²) in [5.74, 6) is 5.41. The Kier molecular flexibility index (Phi) is 14.0. The first-order chi connectivity index (χ1) is 5.31. The zero-order valence-corrected chi connectivity index (χ0v) is 8.62. The second-order valence-electron chi connectivity index (χ2n) is 2.29. The van der Waals surface area contributed by atoms with E-state index in [1.165, 1.54) is 0 Å². The Morgan fingerprint density at radius 3 is 1.85 bits per heavy atom. The Hall–Kier alpha value is -0.250. The van der Waals surface area contributed by atoms with Crippen LogP contribution in [0.2, 0.25) is 0 Å². The molecule has 0 fully saturated rings. The van der Waals surface area contributed by atoms with E-state index < -0.39 is 10.4 Å². The summed E-state index contributed by atoms with van der Waals surface area (Å²) < 4.78 is 31.6. The fourth-order valence-corrected chi connectivity index (χ4v) is 0.282. The predicted octanol–water partition coefficient (Wildman–Crippen LogP) is 0.432. The van der Waals surface area contributed by atoms with E-state index in [0.29, 0.717) is 12.5 Å². The molecular formula is C5H18N2O5S. The Balaban J connectivity index is -0.000000150. The largest absolute Gasteiger partial charge is 0.394 e. The minimum atomic E-state index is -4.67. The van der Waals surface area contributed by atoms with Gasteiger partial charge in [0.1, 0.15) is 0 Å². The van der Waals surface area contributed by atoms with Gasteiger partial charge in [0.2, 0.25) is 0 Å². The highest BCUT2D eigenvalue weighted by molar-refractivity contribution is 7.79. The summed E-state index contributed by atoms with van der Waals surface area (Å²) in [5.41, 5.74) is 0. The molecule has 0 aromatic heterocycles. The van der Waals surface area contributed by atoms with Gasteiger partial charge < -0.3 is 11.0 Å². The molecule has 7 nitrogen and oxygen atoms in total. The highest BCUT2D eigenvalue weighted by Gasteiger charge is 1.93. The van der Waals surface area contributed by atoms with Crippen molar-refractivity contribution in [1.29, 1.82) is 0 Å². The first kappa shape index (κ1) is 18.5. The Bertz CT molecular complexity index is 173. The van der Waals surface area contributed by atoms with Crippen LogP contribution in [0.3, 0.4) is 0 Å². The minimum Gasteiger partial charge on any atom is -0.344 e. The summed E-state index contributed by atoms with van der Waals surface area (Å²) >= 11 is 0. The van der Waals surface area contributed by atoms with Gasteiger partial charge in [-0.05, 0) is 5.92 Å². The molecule has 0 saturated carbocycles.